The molecule has 22 heavy (non-hydrogen) atoms. The van der Waals surface area contributed by atoms with Crippen molar-refractivity contribution in [2.45, 2.75) is 6.92 Å². The maximum Gasteiger partial charge on any atom is 0.240 e. The van der Waals surface area contributed by atoms with Crippen molar-refractivity contribution in [3.8, 4) is 0 Å². The van der Waals surface area contributed by atoms with E-state index < -0.39 is 5.82 Å². The van der Waals surface area contributed by atoms with Crippen molar-refractivity contribution in [3.05, 3.63) is 54.3 Å². The van der Waals surface area contributed by atoms with Crippen LogP contribution in [0.3, 0.4) is 0 Å². The first kappa shape index (κ1) is 13.8. The van der Waals surface area contributed by atoms with Gasteiger partial charge in [0.25, 0.3) is 0 Å². The van der Waals surface area contributed by atoms with Gasteiger partial charge in [0.05, 0.1) is 23.2 Å². The van der Waals surface area contributed by atoms with Gasteiger partial charge in [-0.2, -0.15) is 10.1 Å². The summed E-state index contributed by atoms with van der Waals surface area (Å²) in [7, 11) is 0. The van der Waals surface area contributed by atoms with Gasteiger partial charge in [0.2, 0.25) is 5.95 Å². The van der Waals surface area contributed by atoms with E-state index in [1.54, 1.807) is 29.4 Å². The number of nitrogens with zero attached hydrogens (tertiary/aromatic N) is 5. The second kappa shape index (κ2) is 4.99. The molecule has 0 fully saturated rings. The third-order valence-corrected chi connectivity index (χ3v) is 3.12. The van der Waals surface area contributed by atoms with Crippen LogP contribution in [0.4, 0.5) is 16.2 Å². The molecular weight excluding hydrogens is 285 g/mol. The summed E-state index contributed by atoms with van der Waals surface area (Å²) in [5.74, 6) is -0.455. The minimum absolute atomic E-state index is 0.0309. The van der Waals surface area contributed by atoms with Crippen molar-refractivity contribution in [2.75, 3.05) is 11.5 Å². The van der Waals surface area contributed by atoms with E-state index in [4.69, 9.17) is 11.5 Å². The van der Waals surface area contributed by atoms with Crippen molar-refractivity contribution in [3.63, 3.8) is 0 Å². The fraction of sp³-hybridized carbons (Fsp3) is 0.0714. The first-order valence-electron chi connectivity index (χ1n) is 6.49. The summed E-state index contributed by atoms with van der Waals surface area (Å²) >= 11 is 0. The average Bonchev–Trinajstić information content (AvgIpc) is 2.78. The number of nitrogen functional groups attached to an aromatic ring is 2. The number of halogens is 1. The van der Waals surface area contributed by atoms with Crippen LogP contribution in [0.5, 0.6) is 0 Å². The molecule has 0 radical (unpaired) electrons. The highest BCUT2D eigenvalue weighted by molar-refractivity contribution is 6.15. The third kappa shape index (κ3) is 2.10. The fourth-order valence-electron chi connectivity index (χ4n) is 2.21. The Morgan fingerprint density at radius 2 is 2.09 bits per heavy atom. The van der Waals surface area contributed by atoms with E-state index in [9.17, 15) is 4.39 Å². The molecule has 2 aromatic rings. The summed E-state index contributed by atoms with van der Waals surface area (Å²) in [5.41, 5.74) is 13.0. The van der Waals surface area contributed by atoms with E-state index in [0.29, 0.717) is 16.9 Å². The number of hydrazone groups is 1. The van der Waals surface area contributed by atoms with Crippen LogP contribution < -0.4 is 11.5 Å². The standard InChI is InChI=1S/C14H14FN7/c1-3-6-21-8(2)4-5-10(19-21)11-9(15)7-22-12(11)13(16)18-14(17)20-22/h3-7H,2H2,1H3,(H4,16,17,18,20)/b6-3-. The van der Waals surface area contributed by atoms with Gasteiger partial charge in [0.15, 0.2) is 11.6 Å². The molecule has 1 aliphatic rings. The lowest BCUT2D eigenvalue weighted by atomic mass is 10.1. The molecule has 112 valence electrons. The predicted octanol–water partition coefficient (Wildman–Crippen LogP) is 1.66. The summed E-state index contributed by atoms with van der Waals surface area (Å²) in [5, 5.41) is 9.82. The second-order valence-corrected chi connectivity index (χ2v) is 4.64. The fourth-order valence-corrected chi connectivity index (χ4v) is 2.21. The number of hydrogen-bond acceptors (Lipinski definition) is 6. The Labute approximate surface area is 125 Å². The molecule has 3 heterocycles. The highest BCUT2D eigenvalue weighted by Gasteiger charge is 2.21. The Balaban J connectivity index is 2.22. The maximum atomic E-state index is 14.4. The topological polar surface area (TPSA) is 97.8 Å². The van der Waals surface area contributed by atoms with Gasteiger partial charge in [-0.3, -0.25) is 0 Å². The number of fused-ring (bicyclic) bond motifs is 1. The van der Waals surface area contributed by atoms with E-state index >= 15 is 0 Å². The van der Waals surface area contributed by atoms with Gasteiger partial charge in [-0.15, -0.1) is 5.10 Å². The van der Waals surface area contributed by atoms with Crippen molar-refractivity contribution in [1.29, 1.82) is 0 Å². The number of rotatable bonds is 2. The van der Waals surface area contributed by atoms with Gasteiger partial charge < -0.3 is 11.5 Å². The van der Waals surface area contributed by atoms with Crippen LogP contribution in [-0.4, -0.2) is 25.3 Å². The summed E-state index contributed by atoms with van der Waals surface area (Å²) in [6.07, 6.45) is 8.12. The lowest BCUT2D eigenvalue weighted by Crippen LogP contribution is -2.16. The normalized spacial score (nSPS) is 15.1. The molecule has 2 aromatic heterocycles. The van der Waals surface area contributed by atoms with E-state index in [1.165, 1.54) is 10.7 Å². The predicted molar refractivity (Wildman–Crippen MR) is 83.2 cm³/mol. The van der Waals surface area contributed by atoms with Gasteiger partial charge in [-0.1, -0.05) is 12.7 Å². The summed E-state index contributed by atoms with van der Waals surface area (Å²) in [6, 6.07) is 0. The molecule has 1 aliphatic heterocycles. The van der Waals surface area contributed by atoms with Crippen LogP contribution in [0.2, 0.25) is 0 Å². The molecule has 3 rings (SSSR count). The molecule has 4 N–H and O–H groups in total. The minimum Gasteiger partial charge on any atom is -0.382 e. The highest BCUT2D eigenvalue weighted by atomic mass is 19.1. The van der Waals surface area contributed by atoms with Gasteiger partial charge in [-0.05, 0) is 19.1 Å². The van der Waals surface area contributed by atoms with Crippen molar-refractivity contribution in [2.24, 2.45) is 5.10 Å². The lowest BCUT2D eigenvalue weighted by molar-refractivity contribution is 0.511. The molecule has 0 atom stereocenters. The summed E-state index contributed by atoms with van der Waals surface area (Å²) in [6.45, 7) is 5.71. The molecular formula is C14H14FN7. The monoisotopic (exact) mass is 299 g/mol. The first-order chi connectivity index (χ1) is 10.5. The number of hydrogen-bond donors (Lipinski definition) is 2. The number of anilines is 2. The third-order valence-electron chi connectivity index (χ3n) is 3.12. The van der Waals surface area contributed by atoms with Crippen LogP contribution in [-0.2, 0) is 0 Å². The lowest BCUT2D eigenvalue weighted by Gasteiger charge is -2.19. The van der Waals surface area contributed by atoms with Gasteiger partial charge in [-0.25, -0.2) is 13.9 Å². The van der Waals surface area contributed by atoms with Crippen LogP contribution in [0, 0.1) is 5.82 Å². The largest absolute Gasteiger partial charge is 0.382 e. The van der Waals surface area contributed by atoms with E-state index in [-0.39, 0.29) is 17.3 Å². The van der Waals surface area contributed by atoms with E-state index in [2.05, 4.69) is 21.8 Å². The van der Waals surface area contributed by atoms with Crippen molar-refractivity contribution < 1.29 is 4.39 Å². The number of aromatic nitrogens is 3. The van der Waals surface area contributed by atoms with Gasteiger partial charge >= 0.3 is 0 Å². The van der Waals surface area contributed by atoms with Crippen LogP contribution in [0.25, 0.3) is 5.52 Å². The maximum absolute atomic E-state index is 14.4. The molecule has 7 nitrogen and oxygen atoms in total. The molecule has 0 bridgehead atoms. The van der Waals surface area contributed by atoms with E-state index in [0.717, 1.165) is 0 Å². The minimum atomic E-state index is -0.511. The Kier molecular flexibility index (Phi) is 3.13. The quantitative estimate of drug-likeness (QED) is 0.878. The molecule has 0 saturated heterocycles. The van der Waals surface area contributed by atoms with Crippen LogP contribution in [0.1, 0.15) is 12.5 Å². The van der Waals surface area contributed by atoms with Crippen LogP contribution in [0.15, 0.2) is 48.0 Å². The summed E-state index contributed by atoms with van der Waals surface area (Å²) < 4.78 is 15.6. The van der Waals surface area contributed by atoms with Gasteiger partial charge in [0, 0.05) is 6.20 Å². The molecule has 8 heteroatoms. The van der Waals surface area contributed by atoms with Crippen molar-refractivity contribution >= 4 is 23.0 Å². The Bertz CT molecular complexity index is 860. The highest BCUT2D eigenvalue weighted by Crippen LogP contribution is 2.25. The summed E-state index contributed by atoms with van der Waals surface area (Å²) in [4.78, 5) is 3.87. The average molecular weight is 299 g/mol. The zero-order chi connectivity index (χ0) is 15.9. The molecule has 0 aromatic carbocycles. The zero-order valence-electron chi connectivity index (χ0n) is 11.9. The molecule has 0 aliphatic carbocycles. The zero-order valence-corrected chi connectivity index (χ0v) is 11.9. The SMILES string of the molecule is C=C1C=CC(c2c(F)cn3nc(N)nc(N)c23)=NN1/C=C\C. The van der Waals surface area contributed by atoms with Crippen molar-refractivity contribution in [1.82, 2.24) is 19.6 Å². The Morgan fingerprint density at radius 1 is 1.32 bits per heavy atom. The Hall–Kier alpha value is -3.16. The van der Waals surface area contributed by atoms with E-state index in [1.807, 2.05) is 6.92 Å². The van der Waals surface area contributed by atoms with Gasteiger partial charge in [0.1, 0.15) is 5.52 Å². The molecule has 0 unspecified atom stereocenters. The molecule has 0 amide bonds. The van der Waals surface area contributed by atoms with Crippen LogP contribution >= 0.6 is 0 Å². The smallest absolute Gasteiger partial charge is 0.240 e. The molecule has 0 saturated carbocycles. The second-order valence-electron chi connectivity index (χ2n) is 4.64. The number of allylic oxidation sites excluding steroid dienone is 3. The number of nitrogens with two attached hydrogens (primary N) is 2. The first-order valence-corrected chi connectivity index (χ1v) is 6.49. The Morgan fingerprint density at radius 3 is 2.82 bits per heavy atom. The molecule has 0 spiro atoms.